The van der Waals surface area contributed by atoms with Crippen LogP contribution >= 0.6 is 0 Å². The largest absolute Gasteiger partial charge is 0.343 e. The average Bonchev–Trinajstić information content (AvgIpc) is 2.80. The van der Waals surface area contributed by atoms with Gasteiger partial charge in [0, 0.05) is 13.0 Å². The smallest absolute Gasteiger partial charge is 0.213 e. The first kappa shape index (κ1) is 11.5. The van der Waals surface area contributed by atoms with Crippen LogP contribution in [0.5, 0.6) is 0 Å². The highest BCUT2D eigenvalue weighted by Crippen LogP contribution is 2.14. The standard InChI is InChI=1S/C11H20N4O/c1-15-6-3-10(4-7-15)8-12-5-2-11-13-9-16-14-11/h9-10,12H,2-8H2,1H3. The van der Waals surface area contributed by atoms with Gasteiger partial charge in [0.15, 0.2) is 5.82 Å². The van der Waals surface area contributed by atoms with Crippen molar-refractivity contribution in [3.8, 4) is 0 Å². The summed E-state index contributed by atoms with van der Waals surface area (Å²) in [6.45, 7) is 4.52. The molecule has 0 bridgehead atoms. The fourth-order valence-electron chi connectivity index (χ4n) is 2.08. The van der Waals surface area contributed by atoms with Gasteiger partial charge in [-0.2, -0.15) is 4.98 Å². The van der Waals surface area contributed by atoms with Gasteiger partial charge in [0.1, 0.15) is 0 Å². The number of aromatic nitrogens is 2. The number of likely N-dealkylation sites (tertiary alicyclic amines) is 1. The number of hydrogen-bond acceptors (Lipinski definition) is 5. The average molecular weight is 224 g/mol. The maximum absolute atomic E-state index is 4.68. The quantitative estimate of drug-likeness (QED) is 0.740. The summed E-state index contributed by atoms with van der Waals surface area (Å²) in [4.78, 5) is 6.38. The van der Waals surface area contributed by atoms with Crippen molar-refractivity contribution in [1.82, 2.24) is 20.4 Å². The fraction of sp³-hybridized carbons (Fsp3) is 0.818. The molecule has 0 unspecified atom stereocenters. The molecule has 1 aromatic rings. The minimum atomic E-state index is 0.788. The third-order valence-electron chi connectivity index (χ3n) is 3.20. The maximum atomic E-state index is 4.68. The predicted octanol–water partition coefficient (Wildman–Crippen LogP) is 0.543. The number of piperidine rings is 1. The summed E-state index contributed by atoms with van der Waals surface area (Å²) in [5.74, 6) is 1.62. The molecular weight excluding hydrogens is 204 g/mol. The monoisotopic (exact) mass is 224 g/mol. The Morgan fingerprint density at radius 1 is 1.50 bits per heavy atom. The molecule has 5 heteroatoms. The lowest BCUT2D eigenvalue weighted by Gasteiger charge is -2.28. The minimum Gasteiger partial charge on any atom is -0.343 e. The van der Waals surface area contributed by atoms with Gasteiger partial charge in [-0.05, 0) is 45.4 Å². The van der Waals surface area contributed by atoms with Gasteiger partial charge in [0.2, 0.25) is 6.39 Å². The summed E-state index contributed by atoms with van der Waals surface area (Å²) in [5.41, 5.74) is 0. The second-order valence-corrected chi connectivity index (χ2v) is 4.55. The number of hydrogen-bond donors (Lipinski definition) is 1. The van der Waals surface area contributed by atoms with E-state index < -0.39 is 0 Å². The molecule has 1 N–H and O–H groups in total. The van der Waals surface area contributed by atoms with Crippen molar-refractivity contribution in [1.29, 1.82) is 0 Å². The van der Waals surface area contributed by atoms with Gasteiger partial charge >= 0.3 is 0 Å². The summed E-state index contributed by atoms with van der Waals surface area (Å²) in [7, 11) is 2.19. The van der Waals surface area contributed by atoms with E-state index in [1.807, 2.05) is 0 Å². The zero-order valence-corrected chi connectivity index (χ0v) is 9.85. The van der Waals surface area contributed by atoms with E-state index in [0.29, 0.717) is 0 Å². The molecule has 0 amide bonds. The Labute approximate surface area is 96.2 Å². The van der Waals surface area contributed by atoms with E-state index in [1.165, 1.54) is 32.3 Å². The second-order valence-electron chi connectivity index (χ2n) is 4.55. The Morgan fingerprint density at radius 2 is 2.31 bits per heavy atom. The van der Waals surface area contributed by atoms with Gasteiger partial charge in [-0.3, -0.25) is 0 Å². The van der Waals surface area contributed by atoms with E-state index in [-0.39, 0.29) is 0 Å². The van der Waals surface area contributed by atoms with Crippen LogP contribution in [0, 0.1) is 5.92 Å². The lowest BCUT2D eigenvalue weighted by molar-refractivity contribution is 0.216. The normalized spacial score (nSPS) is 19.1. The van der Waals surface area contributed by atoms with Crippen molar-refractivity contribution in [3.05, 3.63) is 12.2 Å². The number of rotatable bonds is 5. The highest BCUT2D eigenvalue weighted by molar-refractivity contribution is 4.79. The lowest BCUT2D eigenvalue weighted by Crippen LogP contribution is -2.35. The van der Waals surface area contributed by atoms with E-state index in [9.17, 15) is 0 Å². The van der Waals surface area contributed by atoms with E-state index >= 15 is 0 Å². The van der Waals surface area contributed by atoms with Crippen LogP contribution in [-0.2, 0) is 6.42 Å². The van der Waals surface area contributed by atoms with E-state index in [1.54, 1.807) is 0 Å². The molecule has 5 nitrogen and oxygen atoms in total. The molecule has 0 aromatic carbocycles. The summed E-state index contributed by atoms with van der Waals surface area (Å²) in [5, 5.41) is 7.25. The number of nitrogens with zero attached hydrogens (tertiary/aromatic N) is 3. The Bertz CT molecular complexity index is 280. The van der Waals surface area contributed by atoms with Crippen molar-refractivity contribution >= 4 is 0 Å². The molecule has 0 radical (unpaired) electrons. The Morgan fingerprint density at radius 3 is 3.00 bits per heavy atom. The third-order valence-corrected chi connectivity index (χ3v) is 3.20. The maximum Gasteiger partial charge on any atom is 0.213 e. The van der Waals surface area contributed by atoms with Crippen molar-refractivity contribution < 1.29 is 4.52 Å². The molecule has 90 valence electrons. The van der Waals surface area contributed by atoms with E-state index in [2.05, 4.69) is 31.9 Å². The summed E-state index contributed by atoms with van der Waals surface area (Å²) < 4.78 is 4.68. The van der Waals surface area contributed by atoms with Gasteiger partial charge in [-0.1, -0.05) is 5.16 Å². The molecule has 2 heterocycles. The fourth-order valence-corrected chi connectivity index (χ4v) is 2.08. The summed E-state index contributed by atoms with van der Waals surface area (Å²) in [6.07, 6.45) is 4.85. The molecule has 1 aliphatic heterocycles. The van der Waals surface area contributed by atoms with Crippen LogP contribution < -0.4 is 5.32 Å². The predicted molar refractivity (Wildman–Crippen MR) is 61.1 cm³/mol. The molecule has 0 saturated carbocycles. The lowest BCUT2D eigenvalue weighted by atomic mass is 9.97. The van der Waals surface area contributed by atoms with Gasteiger partial charge in [-0.15, -0.1) is 0 Å². The van der Waals surface area contributed by atoms with Crippen LogP contribution in [0.3, 0.4) is 0 Å². The van der Waals surface area contributed by atoms with Crippen LogP contribution in [-0.4, -0.2) is 48.3 Å². The molecular formula is C11H20N4O. The molecule has 1 aromatic heterocycles. The molecule has 2 rings (SSSR count). The highest BCUT2D eigenvalue weighted by atomic mass is 16.5. The van der Waals surface area contributed by atoms with Crippen LogP contribution in [0.1, 0.15) is 18.7 Å². The number of nitrogens with one attached hydrogen (secondary N) is 1. The van der Waals surface area contributed by atoms with Crippen LogP contribution in [0.4, 0.5) is 0 Å². The van der Waals surface area contributed by atoms with Crippen molar-refractivity contribution in [2.45, 2.75) is 19.3 Å². The van der Waals surface area contributed by atoms with Crippen LogP contribution in [0.15, 0.2) is 10.9 Å². The first-order valence-electron chi connectivity index (χ1n) is 5.99. The Balaban J connectivity index is 1.55. The zero-order chi connectivity index (χ0) is 11.2. The first-order valence-corrected chi connectivity index (χ1v) is 5.99. The topological polar surface area (TPSA) is 54.2 Å². The molecule has 1 fully saturated rings. The molecule has 16 heavy (non-hydrogen) atoms. The van der Waals surface area contributed by atoms with Crippen molar-refractivity contribution in [2.75, 3.05) is 33.2 Å². The van der Waals surface area contributed by atoms with Gasteiger partial charge in [-0.25, -0.2) is 0 Å². The second kappa shape index (κ2) is 5.96. The third kappa shape index (κ3) is 3.57. The molecule has 0 atom stereocenters. The van der Waals surface area contributed by atoms with Gasteiger partial charge < -0.3 is 14.7 Å². The van der Waals surface area contributed by atoms with Crippen LogP contribution in [0.25, 0.3) is 0 Å². The van der Waals surface area contributed by atoms with Gasteiger partial charge in [0.05, 0.1) is 0 Å². The van der Waals surface area contributed by atoms with Crippen molar-refractivity contribution in [2.24, 2.45) is 5.92 Å². The molecule has 1 aliphatic rings. The van der Waals surface area contributed by atoms with Crippen molar-refractivity contribution in [3.63, 3.8) is 0 Å². The summed E-state index contributed by atoms with van der Waals surface area (Å²) >= 11 is 0. The Hall–Kier alpha value is -0.940. The van der Waals surface area contributed by atoms with Gasteiger partial charge in [0.25, 0.3) is 0 Å². The SMILES string of the molecule is CN1CCC(CNCCc2ncon2)CC1. The van der Waals surface area contributed by atoms with Crippen LogP contribution in [0.2, 0.25) is 0 Å². The zero-order valence-electron chi connectivity index (χ0n) is 9.85. The minimum absolute atomic E-state index is 0.788. The van der Waals surface area contributed by atoms with E-state index in [4.69, 9.17) is 0 Å². The molecule has 0 spiro atoms. The highest BCUT2D eigenvalue weighted by Gasteiger charge is 2.15. The van der Waals surface area contributed by atoms with E-state index in [0.717, 1.165) is 31.3 Å². The first-order chi connectivity index (χ1) is 7.84. The molecule has 0 aliphatic carbocycles. The Kier molecular flexibility index (Phi) is 4.30. The molecule has 1 saturated heterocycles. The summed E-state index contributed by atoms with van der Waals surface area (Å²) in [6, 6.07) is 0.